The summed E-state index contributed by atoms with van der Waals surface area (Å²) in [4.78, 5) is 18.1. The molecular weight excluding hydrogens is 488 g/mol. The summed E-state index contributed by atoms with van der Waals surface area (Å²) in [6, 6.07) is 7.21. The molecule has 0 atom stereocenters. The van der Waals surface area contributed by atoms with Crippen molar-refractivity contribution in [2.75, 3.05) is 20.8 Å². The standard InChI is InChI=1S/C21H26N2O4.C6H12.3C2H6/c1-5-11-27-21-17(7-6-8-19(21)26-4)14-23(3)20(25)10-9-16-12-18(24)15(2)22-13-16;1-6-4-2-3-5-6;3*1-2/h6-10,12-13,24H,5,11,14H2,1-4H3;6H,2-5H2,1H3;3*1-2H3/b10-9+;;;;. The highest BCUT2D eigenvalue weighted by atomic mass is 16.5. The molecule has 1 aliphatic carbocycles. The van der Waals surface area contributed by atoms with Crippen LogP contribution in [-0.4, -0.2) is 41.7 Å². The second-order valence-corrected chi connectivity index (χ2v) is 8.59. The summed E-state index contributed by atoms with van der Waals surface area (Å²) < 4.78 is 11.2. The molecule has 1 amide bonds. The molecule has 39 heavy (non-hydrogen) atoms. The van der Waals surface area contributed by atoms with E-state index in [-0.39, 0.29) is 11.7 Å². The largest absolute Gasteiger partial charge is 0.506 e. The van der Waals surface area contributed by atoms with Crippen LogP contribution in [0.1, 0.15) is 104 Å². The van der Waals surface area contributed by atoms with Gasteiger partial charge in [-0.15, -0.1) is 0 Å². The van der Waals surface area contributed by atoms with E-state index < -0.39 is 0 Å². The predicted molar refractivity (Wildman–Crippen MR) is 167 cm³/mol. The summed E-state index contributed by atoms with van der Waals surface area (Å²) in [5, 5.41) is 9.70. The Balaban J connectivity index is 0. The van der Waals surface area contributed by atoms with Crippen molar-refractivity contribution in [2.45, 2.75) is 101 Å². The first-order valence-corrected chi connectivity index (χ1v) is 14.7. The highest BCUT2D eigenvalue weighted by molar-refractivity contribution is 5.91. The molecule has 6 heteroatoms. The van der Waals surface area contributed by atoms with Gasteiger partial charge in [0.2, 0.25) is 5.91 Å². The van der Waals surface area contributed by atoms with Crippen LogP contribution in [0.25, 0.3) is 6.08 Å². The van der Waals surface area contributed by atoms with Gasteiger partial charge in [-0.25, -0.2) is 0 Å². The Morgan fingerprint density at radius 1 is 1.13 bits per heavy atom. The normalized spacial score (nSPS) is 11.9. The number of carbonyl (C=O) groups excluding carboxylic acids is 1. The number of para-hydroxylation sites is 1. The SMILES string of the molecule is CC.CC.CC.CC1CCCC1.CCCOc1c(CN(C)C(=O)/C=C/c2cnc(C)c(O)c2)cccc1OC. The minimum Gasteiger partial charge on any atom is -0.506 e. The van der Waals surface area contributed by atoms with Gasteiger partial charge in [0.1, 0.15) is 5.75 Å². The van der Waals surface area contributed by atoms with Gasteiger partial charge in [-0.05, 0) is 43.0 Å². The molecule has 222 valence electrons. The van der Waals surface area contributed by atoms with Crippen LogP contribution in [0.5, 0.6) is 17.2 Å². The number of amides is 1. The Labute approximate surface area is 239 Å². The Hall–Kier alpha value is -3.02. The fraction of sp³-hybridized carbons (Fsp3) is 0.576. The zero-order chi connectivity index (χ0) is 30.2. The third-order valence-corrected chi connectivity index (χ3v) is 5.66. The number of methoxy groups -OCH3 is 1. The van der Waals surface area contributed by atoms with E-state index in [1.54, 1.807) is 44.3 Å². The molecule has 0 radical (unpaired) electrons. The number of aryl methyl sites for hydroxylation is 1. The van der Waals surface area contributed by atoms with Gasteiger partial charge in [-0.3, -0.25) is 9.78 Å². The second-order valence-electron chi connectivity index (χ2n) is 8.59. The molecule has 1 aromatic carbocycles. The average Bonchev–Trinajstić information content (AvgIpc) is 3.47. The molecule has 0 spiro atoms. The van der Waals surface area contributed by atoms with Crippen LogP contribution >= 0.6 is 0 Å². The number of pyridine rings is 1. The number of rotatable bonds is 8. The number of benzene rings is 1. The summed E-state index contributed by atoms with van der Waals surface area (Å²) in [5.41, 5.74) is 2.09. The molecule has 0 aliphatic heterocycles. The highest BCUT2D eigenvalue weighted by Crippen LogP contribution is 2.32. The quantitative estimate of drug-likeness (QED) is 0.336. The lowest BCUT2D eigenvalue weighted by molar-refractivity contribution is -0.125. The van der Waals surface area contributed by atoms with Crippen LogP contribution < -0.4 is 9.47 Å². The molecule has 1 N–H and O–H groups in total. The molecule has 0 bridgehead atoms. The molecule has 1 aromatic heterocycles. The minimum atomic E-state index is -0.167. The number of nitrogens with zero attached hydrogens (tertiary/aromatic N) is 2. The number of likely N-dealkylation sites (N-methyl/N-ethyl adjacent to an activating group) is 1. The van der Waals surface area contributed by atoms with Gasteiger partial charge in [0.05, 0.1) is 19.4 Å². The van der Waals surface area contributed by atoms with Crippen LogP contribution in [0, 0.1) is 12.8 Å². The lowest BCUT2D eigenvalue weighted by Gasteiger charge is -2.19. The minimum absolute atomic E-state index is 0.104. The van der Waals surface area contributed by atoms with Gasteiger partial charge in [0.25, 0.3) is 0 Å². The lowest BCUT2D eigenvalue weighted by Crippen LogP contribution is -2.24. The third-order valence-electron chi connectivity index (χ3n) is 5.66. The van der Waals surface area contributed by atoms with Gasteiger partial charge in [0, 0.05) is 31.4 Å². The van der Waals surface area contributed by atoms with Crippen LogP contribution in [0.3, 0.4) is 0 Å². The topological polar surface area (TPSA) is 71.9 Å². The average molecular weight is 545 g/mol. The van der Waals surface area contributed by atoms with E-state index in [1.807, 2.05) is 66.7 Å². The molecule has 1 fully saturated rings. The van der Waals surface area contributed by atoms with Crippen LogP contribution in [0.4, 0.5) is 0 Å². The van der Waals surface area contributed by atoms with Crippen LogP contribution in [0.15, 0.2) is 36.5 Å². The molecule has 6 nitrogen and oxygen atoms in total. The van der Waals surface area contributed by atoms with E-state index in [9.17, 15) is 9.90 Å². The number of hydrogen-bond acceptors (Lipinski definition) is 5. The Morgan fingerprint density at radius 2 is 1.74 bits per heavy atom. The monoisotopic (exact) mass is 544 g/mol. The maximum Gasteiger partial charge on any atom is 0.246 e. The van der Waals surface area contributed by atoms with Crippen molar-refractivity contribution in [1.82, 2.24) is 9.88 Å². The van der Waals surface area contributed by atoms with Gasteiger partial charge in [-0.1, -0.05) is 93.2 Å². The molecular formula is C33H56N2O4. The van der Waals surface area contributed by atoms with Gasteiger partial charge < -0.3 is 19.5 Å². The van der Waals surface area contributed by atoms with E-state index in [4.69, 9.17) is 9.47 Å². The molecule has 0 saturated heterocycles. The molecule has 2 aromatic rings. The molecule has 1 saturated carbocycles. The van der Waals surface area contributed by atoms with Crippen LogP contribution in [0.2, 0.25) is 0 Å². The number of aromatic hydroxyl groups is 1. The van der Waals surface area contributed by atoms with E-state index in [0.717, 1.165) is 17.9 Å². The first-order valence-electron chi connectivity index (χ1n) is 14.7. The summed E-state index contributed by atoms with van der Waals surface area (Å²) in [5.74, 6) is 2.30. The van der Waals surface area contributed by atoms with Crippen molar-refractivity contribution in [1.29, 1.82) is 0 Å². The molecule has 0 unspecified atom stereocenters. The fourth-order valence-corrected chi connectivity index (χ4v) is 3.60. The zero-order valence-corrected chi connectivity index (χ0v) is 26.6. The Morgan fingerprint density at radius 3 is 2.23 bits per heavy atom. The smallest absolute Gasteiger partial charge is 0.246 e. The van der Waals surface area contributed by atoms with Crippen molar-refractivity contribution in [3.8, 4) is 17.2 Å². The summed E-state index contributed by atoms with van der Waals surface area (Å²) >= 11 is 0. The molecule has 3 rings (SSSR count). The number of aromatic nitrogens is 1. The number of hydrogen-bond donors (Lipinski definition) is 1. The summed E-state index contributed by atoms with van der Waals surface area (Å²) in [7, 11) is 3.32. The van der Waals surface area contributed by atoms with E-state index >= 15 is 0 Å². The number of ether oxygens (including phenoxy) is 2. The van der Waals surface area contributed by atoms with Crippen molar-refractivity contribution < 1.29 is 19.4 Å². The lowest BCUT2D eigenvalue weighted by atomic mass is 10.1. The van der Waals surface area contributed by atoms with Crippen molar-refractivity contribution in [3.63, 3.8) is 0 Å². The first-order chi connectivity index (χ1) is 18.8. The van der Waals surface area contributed by atoms with Crippen molar-refractivity contribution in [2.24, 2.45) is 5.92 Å². The van der Waals surface area contributed by atoms with Crippen molar-refractivity contribution in [3.05, 3.63) is 53.4 Å². The Kier molecular flexibility index (Phi) is 23.5. The number of carbonyl (C=O) groups is 1. The van der Waals surface area contributed by atoms with Gasteiger partial charge >= 0.3 is 0 Å². The highest BCUT2D eigenvalue weighted by Gasteiger charge is 2.14. The summed E-state index contributed by atoms with van der Waals surface area (Å²) in [6.07, 6.45) is 11.5. The summed E-state index contributed by atoms with van der Waals surface area (Å²) in [6.45, 7) is 19.1. The van der Waals surface area contributed by atoms with Gasteiger partial charge in [-0.2, -0.15) is 0 Å². The first kappa shape index (κ1) is 38.1. The molecule has 1 heterocycles. The molecule has 1 aliphatic rings. The Bertz CT molecular complexity index is 922. The second kappa shape index (κ2) is 24.1. The third kappa shape index (κ3) is 15.2. The van der Waals surface area contributed by atoms with Crippen molar-refractivity contribution >= 4 is 12.0 Å². The maximum absolute atomic E-state index is 12.4. The zero-order valence-electron chi connectivity index (χ0n) is 26.6. The maximum atomic E-state index is 12.4. The van der Waals surface area contributed by atoms with E-state index in [1.165, 1.54) is 31.8 Å². The van der Waals surface area contributed by atoms with E-state index in [0.29, 0.717) is 35.9 Å². The van der Waals surface area contributed by atoms with Crippen LogP contribution in [-0.2, 0) is 11.3 Å². The predicted octanol–water partition coefficient (Wildman–Crippen LogP) is 8.84. The fourth-order valence-electron chi connectivity index (χ4n) is 3.60. The van der Waals surface area contributed by atoms with Gasteiger partial charge in [0.15, 0.2) is 11.5 Å². The van der Waals surface area contributed by atoms with E-state index in [2.05, 4.69) is 11.9 Å².